The molecular weight excluding hydrogens is 228 g/mol. The molecule has 1 fully saturated rings. The number of hydrogen-bond donors (Lipinski definition) is 0. The monoisotopic (exact) mass is 248 g/mol. The molecule has 4 nitrogen and oxygen atoms in total. The van der Waals surface area contributed by atoms with E-state index in [-0.39, 0.29) is 6.09 Å². The lowest BCUT2D eigenvalue weighted by atomic mass is 10.1. The fourth-order valence-electron chi connectivity index (χ4n) is 2.09. The first-order valence-corrected chi connectivity index (χ1v) is 6.41. The number of rotatable bonds is 2. The van der Waals surface area contributed by atoms with Crippen molar-refractivity contribution in [3.63, 3.8) is 0 Å². The smallest absolute Gasteiger partial charge is 0.410 e. The van der Waals surface area contributed by atoms with Crippen LogP contribution in [-0.2, 0) is 0 Å². The molecule has 2 rings (SSSR count). The van der Waals surface area contributed by atoms with E-state index in [1.54, 1.807) is 14.1 Å². The maximum Gasteiger partial charge on any atom is 0.414 e. The Morgan fingerprint density at radius 3 is 2.61 bits per heavy atom. The summed E-state index contributed by atoms with van der Waals surface area (Å²) >= 11 is 0. The Morgan fingerprint density at radius 1 is 1.22 bits per heavy atom. The summed E-state index contributed by atoms with van der Waals surface area (Å²) in [6.07, 6.45) is 3.45. The van der Waals surface area contributed by atoms with Crippen molar-refractivity contribution < 1.29 is 9.53 Å². The van der Waals surface area contributed by atoms with E-state index in [0.29, 0.717) is 5.75 Å². The van der Waals surface area contributed by atoms with Gasteiger partial charge in [-0.2, -0.15) is 0 Å². The average molecular weight is 248 g/mol. The Hall–Kier alpha value is -1.71. The molecule has 18 heavy (non-hydrogen) atoms. The second-order valence-electron chi connectivity index (χ2n) is 4.81. The van der Waals surface area contributed by atoms with E-state index in [1.807, 2.05) is 18.2 Å². The molecule has 1 aliphatic heterocycles. The van der Waals surface area contributed by atoms with E-state index in [9.17, 15) is 4.79 Å². The van der Waals surface area contributed by atoms with Crippen molar-refractivity contribution in [3.8, 4) is 5.75 Å². The fourth-order valence-corrected chi connectivity index (χ4v) is 2.09. The van der Waals surface area contributed by atoms with Crippen molar-refractivity contribution in [1.82, 2.24) is 4.90 Å². The Balaban J connectivity index is 2.07. The number of ether oxygens (including phenoxy) is 1. The van der Waals surface area contributed by atoms with Gasteiger partial charge in [0.1, 0.15) is 5.75 Å². The predicted molar refractivity (Wildman–Crippen MR) is 72.2 cm³/mol. The maximum atomic E-state index is 11.5. The summed E-state index contributed by atoms with van der Waals surface area (Å²) in [6.45, 7) is 2.18. The van der Waals surface area contributed by atoms with Crippen LogP contribution in [0.15, 0.2) is 24.3 Å². The number of hydrogen-bond acceptors (Lipinski definition) is 3. The zero-order chi connectivity index (χ0) is 13.0. The molecule has 0 radical (unpaired) electrons. The first kappa shape index (κ1) is 12.7. The van der Waals surface area contributed by atoms with E-state index < -0.39 is 0 Å². The van der Waals surface area contributed by atoms with Crippen LogP contribution in [0, 0.1) is 0 Å². The molecule has 98 valence electrons. The number of benzene rings is 1. The number of carbonyl (C=O) groups is 1. The molecule has 0 bridgehead atoms. The van der Waals surface area contributed by atoms with Crippen molar-refractivity contribution in [2.75, 3.05) is 32.1 Å². The average Bonchev–Trinajstić information content (AvgIpc) is 2.40. The molecule has 0 aromatic heterocycles. The molecular formula is C14H20N2O2. The van der Waals surface area contributed by atoms with Crippen LogP contribution in [-0.4, -0.2) is 38.2 Å². The van der Waals surface area contributed by atoms with E-state index >= 15 is 0 Å². The maximum absolute atomic E-state index is 11.5. The van der Waals surface area contributed by atoms with Crippen LogP contribution in [0.2, 0.25) is 0 Å². The minimum absolute atomic E-state index is 0.342. The van der Waals surface area contributed by atoms with Gasteiger partial charge < -0.3 is 14.5 Å². The second-order valence-corrected chi connectivity index (χ2v) is 4.81. The van der Waals surface area contributed by atoms with Gasteiger partial charge in [-0.25, -0.2) is 4.79 Å². The largest absolute Gasteiger partial charge is 0.414 e. The highest BCUT2D eigenvalue weighted by Gasteiger charge is 2.12. The van der Waals surface area contributed by atoms with Crippen molar-refractivity contribution >= 4 is 11.8 Å². The molecule has 0 N–H and O–H groups in total. The summed E-state index contributed by atoms with van der Waals surface area (Å²) in [5.74, 6) is 0.608. The van der Waals surface area contributed by atoms with Crippen molar-refractivity contribution in [3.05, 3.63) is 24.3 Å². The molecule has 0 aliphatic carbocycles. The molecule has 1 heterocycles. The summed E-state index contributed by atoms with van der Waals surface area (Å²) in [5.41, 5.74) is 1.14. The second kappa shape index (κ2) is 5.76. The van der Waals surface area contributed by atoms with Gasteiger partial charge in [0, 0.05) is 38.9 Å². The molecule has 0 atom stereocenters. The van der Waals surface area contributed by atoms with Gasteiger partial charge in [-0.05, 0) is 31.4 Å². The lowest BCUT2D eigenvalue weighted by Crippen LogP contribution is -2.29. The van der Waals surface area contributed by atoms with E-state index in [1.165, 1.54) is 24.2 Å². The lowest BCUT2D eigenvalue weighted by Gasteiger charge is -2.29. The number of carbonyl (C=O) groups excluding carboxylic acids is 1. The Kier molecular flexibility index (Phi) is 4.07. The third kappa shape index (κ3) is 3.15. The minimum Gasteiger partial charge on any atom is -0.410 e. The summed E-state index contributed by atoms with van der Waals surface area (Å²) in [4.78, 5) is 15.3. The van der Waals surface area contributed by atoms with Crippen LogP contribution in [0.25, 0.3) is 0 Å². The minimum atomic E-state index is -0.342. The van der Waals surface area contributed by atoms with Gasteiger partial charge in [-0.3, -0.25) is 0 Å². The van der Waals surface area contributed by atoms with Crippen LogP contribution >= 0.6 is 0 Å². The van der Waals surface area contributed by atoms with Crippen LogP contribution in [0.4, 0.5) is 10.5 Å². The standard InChI is InChI=1S/C14H20N2O2/c1-15(2)14(17)18-13-8-6-7-12(11-13)16-9-4-3-5-10-16/h6-8,11H,3-5,9-10H2,1-2H3. The third-order valence-electron chi connectivity index (χ3n) is 3.11. The van der Waals surface area contributed by atoms with Gasteiger partial charge in [0.25, 0.3) is 0 Å². The first-order chi connectivity index (χ1) is 8.66. The Labute approximate surface area is 108 Å². The van der Waals surface area contributed by atoms with Crippen LogP contribution in [0.3, 0.4) is 0 Å². The van der Waals surface area contributed by atoms with Crippen molar-refractivity contribution in [2.24, 2.45) is 0 Å². The molecule has 4 heteroatoms. The van der Waals surface area contributed by atoms with Gasteiger partial charge >= 0.3 is 6.09 Å². The molecule has 1 aliphatic rings. The van der Waals surface area contributed by atoms with E-state index in [2.05, 4.69) is 11.0 Å². The van der Waals surface area contributed by atoms with Crippen molar-refractivity contribution in [2.45, 2.75) is 19.3 Å². The molecule has 1 aromatic rings. The van der Waals surface area contributed by atoms with Crippen molar-refractivity contribution in [1.29, 1.82) is 0 Å². The number of nitrogens with zero attached hydrogens (tertiary/aromatic N) is 2. The van der Waals surface area contributed by atoms with Crippen LogP contribution < -0.4 is 9.64 Å². The van der Waals surface area contributed by atoms with Gasteiger partial charge in [0.15, 0.2) is 0 Å². The molecule has 1 saturated heterocycles. The quantitative estimate of drug-likeness (QED) is 0.806. The number of amides is 1. The molecule has 0 unspecified atom stereocenters. The zero-order valence-electron chi connectivity index (χ0n) is 11.1. The highest BCUT2D eigenvalue weighted by atomic mass is 16.6. The molecule has 1 aromatic carbocycles. The summed E-state index contributed by atoms with van der Waals surface area (Å²) in [5, 5.41) is 0. The predicted octanol–water partition coefficient (Wildman–Crippen LogP) is 2.74. The molecule has 0 saturated carbocycles. The highest BCUT2D eigenvalue weighted by Crippen LogP contribution is 2.24. The Bertz CT molecular complexity index is 412. The van der Waals surface area contributed by atoms with Gasteiger partial charge in [0.2, 0.25) is 0 Å². The normalized spacial score (nSPS) is 15.3. The van der Waals surface area contributed by atoms with Crippen LogP contribution in [0.5, 0.6) is 5.75 Å². The van der Waals surface area contributed by atoms with E-state index in [4.69, 9.17) is 4.74 Å². The number of piperidine rings is 1. The highest BCUT2D eigenvalue weighted by molar-refractivity contribution is 5.70. The molecule has 1 amide bonds. The SMILES string of the molecule is CN(C)C(=O)Oc1cccc(N2CCCCC2)c1. The lowest BCUT2D eigenvalue weighted by molar-refractivity contribution is 0.172. The van der Waals surface area contributed by atoms with Gasteiger partial charge in [-0.1, -0.05) is 6.07 Å². The summed E-state index contributed by atoms with van der Waals surface area (Å²) in [7, 11) is 3.35. The summed E-state index contributed by atoms with van der Waals surface area (Å²) in [6, 6.07) is 7.75. The zero-order valence-corrected chi connectivity index (χ0v) is 11.1. The summed E-state index contributed by atoms with van der Waals surface area (Å²) < 4.78 is 5.27. The van der Waals surface area contributed by atoms with Gasteiger partial charge in [0.05, 0.1) is 0 Å². The Morgan fingerprint density at radius 2 is 1.94 bits per heavy atom. The van der Waals surface area contributed by atoms with Crippen LogP contribution in [0.1, 0.15) is 19.3 Å². The van der Waals surface area contributed by atoms with E-state index in [0.717, 1.165) is 18.8 Å². The fraction of sp³-hybridized carbons (Fsp3) is 0.500. The third-order valence-corrected chi connectivity index (χ3v) is 3.11. The topological polar surface area (TPSA) is 32.8 Å². The molecule has 0 spiro atoms. The number of anilines is 1. The first-order valence-electron chi connectivity index (χ1n) is 6.41. The van der Waals surface area contributed by atoms with Gasteiger partial charge in [-0.15, -0.1) is 0 Å².